The van der Waals surface area contributed by atoms with Gasteiger partial charge in [-0.1, -0.05) is 72.8 Å². The van der Waals surface area contributed by atoms with E-state index >= 15 is 0 Å². The zero-order valence-corrected chi connectivity index (χ0v) is 16.3. The highest BCUT2D eigenvalue weighted by molar-refractivity contribution is 6.18. The molecule has 5 aromatic carbocycles. The standard InChI is InChI=1S/C28H19NO/c1-3-9-19(10-4-1)27-23-14-8-7-11-20(23)17-25-24-18-22(15-16-26(24)30-28(25)27)29-21-12-5-2-6-13-21/h1-18,29H. The maximum Gasteiger partial charge on any atom is 0.143 e. The predicted molar refractivity (Wildman–Crippen MR) is 126 cm³/mol. The molecule has 30 heavy (non-hydrogen) atoms. The maximum atomic E-state index is 6.42. The molecule has 1 N–H and O–H groups in total. The first-order chi connectivity index (χ1) is 14.9. The number of hydrogen-bond acceptors (Lipinski definition) is 2. The molecule has 0 aliphatic carbocycles. The number of para-hydroxylation sites is 1. The summed E-state index contributed by atoms with van der Waals surface area (Å²) >= 11 is 0. The Kier molecular flexibility index (Phi) is 3.82. The highest BCUT2D eigenvalue weighted by atomic mass is 16.3. The Balaban J connectivity index is 1.63. The minimum absolute atomic E-state index is 0.899. The molecule has 0 fully saturated rings. The second-order valence-corrected chi connectivity index (χ2v) is 7.52. The van der Waals surface area contributed by atoms with Gasteiger partial charge in [0.25, 0.3) is 0 Å². The average Bonchev–Trinajstić information content (AvgIpc) is 3.16. The third-order valence-electron chi connectivity index (χ3n) is 5.61. The van der Waals surface area contributed by atoms with Crippen LogP contribution in [0.2, 0.25) is 0 Å². The largest absolute Gasteiger partial charge is 0.455 e. The number of rotatable bonds is 3. The van der Waals surface area contributed by atoms with Gasteiger partial charge in [-0.15, -0.1) is 0 Å². The van der Waals surface area contributed by atoms with E-state index in [4.69, 9.17) is 4.42 Å². The van der Waals surface area contributed by atoms with Gasteiger partial charge >= 0.3 is 0 Å². The van der Waals surface area contributed by atoms with Crippen LogP contribution < -0.4 is 5.32 Å². The van der Waals surface area contributed by atoms with Gasteiger partial charge in [0.15, 0.2) is 0 Å². The van der Waals surface area contributed by atoms with Gasteiger partial charge in [0.1, 0.15) is 11.2 Å². The molecule has 0 aliphatic rings. The zero-order valence-electron chi connectivity index (χ0n) is 16.3. The SMILES string of the molecule is c1ccc(Nc2ccc3oc4c(-c5ccccc5)c5ccccc5cc4c3c2)cc1. The lowest BCUT2D eigenvalue weighted by Crippen LogP contribution is -1.88. The number of anilines is 2. The Morgan fingerprint density at radius 1 is 0.533 bits per heavy atom. The van der Waals surface area contributed by atoms with Gasteiger partial charge in [-0.3, -0.25) is 0 Å². The van der Waals surface area contributed by atoms with Crippen LogP contribution in [0.5, 0.6) is 0 Å². The van der Waals surface area contributed by atoms with Gasteiger partial charge < -0.3 is 9.73 Å². The molecular weight excluding hydrogens is 366 g/mol. The monoisotopic (exact) mass is 385 g/mol. The fourth-order valence-electron chi connectivity index (χ4n) is 4.23. The summed E-state index contributed by atoms with van der Waals surface area (Å²) in [6.07, 6.45) is 0. The molecule has 0 radical (unpaired) electrons. The molecule has 6 rings (SSSR count). The molecule has 0 bridgehead atoms. The van der Waals surface area contributed by atoms with E-state index in [2.05, 4.69) is 90.2 Å². The molecule has 1 aromatic heterocycles. The Morgan fingerprint density at radius 3 is 2.10 bits per heavy atom. The van der Waals surface area contributed by atoms with E-state index in [-0.39, 0.29) is 0 Å². The van der Waals surface area contributed by atoms with Crippen molar-refractivity contribution in [3.63, 3.8) is 0 Å². The van der Waals surface area contributed by atoms with E-state index in [0.717, 1.165) is 38.9 Å². The van der Waals surface area contributed by atoms with Crippen molar-refractivity contribution in [1.82, 2.24) is 0 Å². The topological polar surface area (TPSA) is 25.2 Å². The molecular formula is C28H19NO. The molecule has 2 nitrogen and oxygen atoms in total. The fourth-order valence-corrected chi connectivity index (χ4v) is 4.23. The Labute approximate surface area is 174 Å². The van der Waals surface area contributed by atoms with Crippen LogP contribution in [0.25, 0.3) is 43.8 Å². The molecule has 0 spiro atoms. The van der Waals surface area contributed by atoms with Crippen molar-refractivity contribution in [2.24, 2.45) is 0 Å². The van der Waals surface area contributed by atoms with Crippen molar-refractivity contribution in [1.29, 1.82) is 0 Å². The molecule has 0 atom stereocenters. The van der Waals surface area contributed by atoms with Crippen molar-refractivity contribution in [2.45, 2.75) is 0 Å². The van der Waals surface area contributed by atoms with Crippen molar-refractivity contribution in [3.05, 3.63) is 109 Å². The summed E-state index contributed by atoms with van der Waals surface area (Å²) in [5.74, 6) is 0. The van der Waals surface area contributed by atoms with Crippen LogP contribution in [0, 0.1) is 0 Å². The number of hydrogen-bond donors (Lipinski definition) is 1. The van der Waals surface area contributed by atoms with E-state index in [1.54, 1.807) is 0 Å². The minimum Gasteiger partial charge on any atom is -0.455 e. The summed E-state index contributed by atoms with van der Waals surface area (Å²) < 4.78 is 6.42. The highest BCUT2D eigenvalue weighted by Gasteiger charge is 2.16. The third kappa shape index (κ3) is 2.73. The normalized spacial score (nSPS) is 11.3. The summed E-state index contributed by atoms with van der Waals surface area (Å²) in [5, 5.41) is 8.17. The van der Waals surface area contributed by atoms with E-state index in [1.807, 2.05) is 24.3 Å². The van der Waals surface area contributed by atoms with Crippen LogP contribution in [0.3, 0.4) is 0 Å². The number of nitrogens with one attached hydrogen (secondary N) is 1. The van der Waals surface area contributed by atoms with Gasteiger partial charge in [0.05, 0.1) is 0 Å². The second-order valence-electron chi connectivity index (χ2n) is 7.52. The second kappa shape index (κ2) is 6.78. The highest BCUT2D eigenvalue weighted by Crippen LogP contribution is 2.41. The molecule has 0 saturated carbocycles. The van der Waals surface area contributed by atoms with Gasteiger partial charge in [0.2, 0.25) is 0 Å². The summed E-state index contributed by atoms with van der Waals surface area (Å²) in [6, 6.07) is 37.8. The van der Waals surface area contributed by atoms with E-state index in [0.29, 0.717) is 0 Å². The molecule has 2 heteroatoms. The van der Waals surface area contributed by atoms with Gasteiger partial charge in [0, 0.05) is 27.7 Å². The summed E-state index contributed by atoms with van der Waals surface area (Å²) in [4.78, 5) is 0. The molecule has 1 heterocycles. The first-order valence-electron chi connectivity index (χ1n) is 10.1. The maximum absolute atomic E-state index is 6.42. The summed E-state index contributed by atoms with van der Waals surface area (Å²) in [5.41, 5.74) is 6.27. The van der Waals surface area contributed by atoms with Crippen LogP contribution in [-0.4, -0.2) is 0 Å². The van der Waals surface area contributed by atoms with Crippen LogP contribution in [0.1, 0.15) is 0 Å². The first-order valence-corrected chi connectivity index (χ1v) is 10.1. The zero-order chi connectivity index (χ0) is 19.9. The quantitative estimate of drug-likeness (QED) is 0.332. The first kappa shape index (κ1) is 16.9. The van der Waals surface area contributed by atoms with Gasteiger partial charge in [-0.05, 0) is 52.7 Å². The average molecular weight is 385 g/mol. The van der Waals surface area contributed by atoms with Gasteiger partial charge in [-0.25, -0.2) is 0 Å². The Hall–Kier alpha value is -4.04. The Morgan fingerprint density at radius 2 is 1.27 bits per heavy atom. The lowest BCUT2D eigenvalue weighted by atomic mass is 9.95. The van der Waals surface area contributed by atoms with Crippen molar-refractivity contribution >= 4 is 44.1 Å². The van der Waals surface area contributed by atoms with Crippen molar-refractivity contribution in [3.8, 4) is 11.1 Å². The number of fused-ring (bicyclic) bond motifs is 4. The lowest BCUT2D eigenvalue weighted by Gasteiger charge is -2.08. The summed E-state index contributed by atoms with van der Waals surface area (Å²) in [6.45, 7) is 0. The predicted octanol–water partition coefficient (Wildman–Crippen LogP) is 8.15. The minimum atomic E-state index is 0.899. The third-order valence-corrected chi connectivity index (χ3v) is 5.61. The smallest absolute Gasteiger partial charge is 0.143 e. The number of benzene rings is 5. The van der Waals surface area contributed by atoms with E-state index in [1.165, 1.54) is 16.3 Å². The molecule has 0 saturated heterocycles. The summed E-state index contributed by atoms with van der Waals surface area (Å²) in [7, 11) is 0. The van der Waals surface area contributed by atoms with E-state index < -0.39 is 0 Å². The van der Waals surface area contributed by atoms with Crippen LogP contribution in [0.4, 0.5) is 11.4 Å². The van der Waals surface area contributed by atoms with E-state index in [9.17, 15) is 0 Å². The van der Waals surface area contributed by atoms with Crippen molar-refractivity contribution in [2.75, 3.05) is 5.32 Å². The molecule has 0 amide bonds. The fraction of sp³-hybridized carbons (Fsp3) is 0. The van der Waals surface area contributed by atoms with Crippen LogP contribution in [-0.2, 0) is 0 Å². The molecule has 142 valence electrons. The Bertz CT molecular complexity index is 1500. The van der Waals surface area contributed by atoms with Crippen LogP contribution in [0.15, 0.2) is 114 Å². The lowest BCUT2D eigenvalue weighted by molar-refractivity contribution is 0.670. The number of furan rings is 1. The van der Waals surface area contributed by atoms with Crippen LogP contribution >= 0.6 is 0 Å². The van der Waals surface area contributed by atoms with Gasteiger partial charge in [-0.2, -0.15) is 0 Å². The molecule has 6 aromatic rings. The molecule has 0 unspecified atom stereocenters. The molecule has 0 aliphatic heterocycles. The van der Waals surface area contributed by atoms with Crippen molar-refractivity contribution < 1.29 is 4.42 Å².